The van der Waals surface area contributed by atoms with E-state index >= 15 is 0 Å². The molecule has 7 heteroatoms. The van der Waals surface area contributed by atoms with Crippen LogP contribution in [0.15, 0.2) is 0 Å². The van der Waals surface area contributed by atoms with Gasteiger partial charge in [-0.1, -0.05) is 13.8 Å². The molecule has 98 valence electrons. The third kappa shape index (κ3) is 5.74. The van der Waals surface area contributed by atoms with Crippen molar-refractivity contribution in [3.05, 3.63) is 0 Å². The lowest BCUT2D eigenvalue weighted by Gasteiger charge is -2.18. The second-order valence-electron chi connectivity index (χ2n) is 4.16. The van der Waals surface area contributed by atoms with Crippen LogP contribution in [0.3, 0.4) is 0 Å². The van der Waals surface area contributed by atoms with Crippen molar-refractivity contribution < 1.29 is 19.5 Å². The van der Waals surface area contributed by atoms with Gasteiger partial charge < -0.3 is 21.5 Å². The van der Waals surface area contributed by atoms with Crippen LogP contribution in [0.1, 0.15) is 20.8 Å². The van der Waals surface area contributed by atoms with Crippen molar-refractivity contribution in [2.45, 2.75) is 26.8 Å². The molecule has 3 amide bonds. The number of nitrogens with two attached hydrogens (primary N) is 1. The highest BCUT2D eigenvalue weighted by atomic mass is 16.4. The number of carboxylic acid groups (broad SMARTS) is 1. The molecular formula is C10H19N3O4. The van der Waals surface area contributed by atoms with Crippen molar-refractivity contribution in [1.29, 1.82) is 0 Å². The monoisotopic (exact) mass is 245 g/mol. The number of aliphatic carboxylic acids is 1. The van der Waals surface area contributed by atoms with Gasteiger partial charge in [0.2, 0.25) is 5.91 Å². The number of hydrogen-bond donors (Lipinski definition) is 4. The molecule has 2 unspecified atom stereocenters. The average molecular weight is 245 g/mol. The molecule has 0 rings (SSSR count). The zero-order chi connectivity index (χ0) is 13.6. The maximum atomic E-state index is 11.5. The van der Waals surface area contributed by atoms with E-state index in [1.807, 2.05) is 0 Å². The smallest absolute Gasteiger partial charge is 0.312 e. The highest BCUT2D eigenvalue weighted by Crippen LogP contribution is 2.09. The number of carbonyl (C=O) groups excluding carboxylic acids is 2. The quantitative estimate of drug-likeness (QED) is 0.504. The number of hydrogen-bond acceptors (Lipinski definition) is 3. The van der Waals surface area contributed by atoms with E-state index in [9.17, 15) is 14.4 Å². The average Bonchev–Trinajstić information content (AvgIpc) is 2.15. The molecule has 0 aromatic rings. The number of rotatable bonds is 6. The van der Waals surface area contributed by atoms with E-state index in [0.717, 1.165) is 0 Å². The molecule has 0 bridgehead atoms. The number of primary amides is 1. The van der Waals surface area contributed by atoms with Crippen LogP contribution in [0.5, 0.6) is 0 Å². The first kappa shape index (κ1) is 15.2. The number of carbonyl (C=O) groups is 3. The first-order chi connectivity index (χ1) is 7.75. The Hall–Kier alpha value is -1.79. The predicted octanol–water partition coefficient (Wildman–Crippen LogP) is -0.484. The summed E-state index contributed by atoms with van der Waals surface area (Å²) >= 11 is 0. The van der Waals surface area contributed by atoms with Crippen molar-refractivity contribution in [1.82, 2.24) is 10.6 Å². The summed E-state index contributed by atoms with van der Waals surface area (Å²) < 4.78 is 0. The summed E-state index contributed by atoms with van der Waals surface area (Å²) in [5.41, 5.74) is 4.86. The molecular weight excluding hydrogens is 226 g/mol. The zero-order valence-electron chi connectivity index (χ0n) is 10.2. The van der Waals surface area contributed by atoms with Crippen LogP contribution in [0, 0.1) is 11.8 Å². The molecule has 17 heavy (non-hydrogen) atoms. The molecule has 0 fully saturated rings. The molecule has 0 aromatic carbocycles. The fourth-order valence-corrected chi connectivity index (χ4v) is 1.25. The Morgan fingerprint density at radius 1 is 1.24 bits per heavy atom. The van der Waals surface area contributed by atoms with Gasteiger partial charge in [0.05, 0.1) is 5.92 Å². The predicted molar refractivity (Wildman–Crippen MR) is 61.2 cm³/mol. The minimum atomic E-state index is -0.962. The van der Waals surface area contributed by atoms with Gasteiger partial charge in [-0.15, -0.1) is 0 Å². The van der Waals surface area contributed by atoms with Gasteiger partial charge >= 0.3 is 12.0 Å². The molecule has 0 saturated heterocycles. The van der Waals surface area contributed by atoms with Crippen molar-refractivity contribution >= 4 is 17.9 Å². The molecule has 2 atom stereocenters. The molecule has 0 heterocycles. The van der Waals surface area contributed by atoms with Gasteiger partial charge in [-0.3, -0.25) is 9.59 Å². The molecule has 0 aromatic heterocycles. The Kier molecular flexibility index (Phi) is 6.01. The Balaban J connectivity index is 4.21. The van der Waals surface area contributed by atoms with E-state index in [0.29, 0.717) is 0 Å². The third-order valence-electron chi connectivity index (χ3n) is 2.37. The lowest BCUT2D eigenvalue weighted by Crippen LogP contribution is -2.48. The summed E-state index contributed by atoms with van der Waals surface area (Å²) in [6.45, 7) is 5.01. The molecule has 0 aliphatic carbocycles. The van der Waals surface area contributed by atoms with Crippen LogP contribution in [0.4, 0.5) is 4.79 Å². The number of carboxylic acids is 1. The Morgan fingerprint density at radius 2 is 1.76 bits per heavy atom. The molecule has 0 spiro atoms. The highest BCUT2D eigenvalue weighted by Gasteiger charge is 2.23. The minimum Gasteiger partial charge on any atom is -0.481 e. The van der Waals surface area contributed by atoms with Crippen molar-refractivity contribution in [2.75, 3.05) is 6.54 Å². The second-order valence-corrected chi connectivity index (χ2v) is 4.16. The van der Waals surface area contributed by atoms with Crippen LogP contribution >= 0.6 is 0 Å². The van der Waals surface area contributed by atoms with E-state index < -0.39 is 29.9 Å². The zero-order valence-corrected chi connectivity index (χ0v) is 10.2. The fraction of sp³-hybridized carbons (Fsp3) is 0.700. The van der Waals surface area contributed by atoms with Crippen molar-refractivity contribution in [2.24, 2.45) is 17.6 Å². The SMILES string of the molecule is CC(NC(N)=O)C(=O)NCC(C(=O)O)C(C)C. The van der Waals surface area contributed by atoms with Crippen LogP contribution in [0.25, 0.3) is 0 Å². The molecule has 7 nitrogen and oxygen atoms in total. The maximum absolute atomic E-state index is 11.5. The first-order valence-electron chi connectivity index (χ1n) is 5.32. The van der Waals surface area contributed by atoms with Gasteiger partial charge in [-0.05, 0) is 12.8 Å². The van der Waals surface area contributed by atoms with Gasteiger partial charge in [-0.25, -0.2) is 4.79 Å². The van der Waals surface area contributed by atoms with E-state index in [4.69, 9.17) is 10.8 Å². The first-order valence-corrected chi connectivity index (χ1v) is 5.32. The van der Waals surface area contributed by atoms with Gasteiger partial charge in [0.25, 0.3) is 0 Å². The summed E-state index contributed by atoms with van der Waals surface area (Å²) in [7, 11) is 0. The lowest BCUT2D eigenvalue weighted by molar-refractivity contribution is -0.143. The van der Waals surface area contributed by atoms with Crippen LogP contribution in [-0.4, -0.2) is 35.6 Å². The number of amides is 3. The normalized spacial score (nSPS) is 13.9. The van der Waals surface area contributed by atoms with Crippen LogP contribution < -0.4 is 16.4 Å². The molecule has 5 N–H and O–H groups in total. The second kappa shape index (κ2) is 6.72. The highest BCUT2D eigenvalue weighted by molar-refractivity contribution is 5.86. The van der Waals surface area contributed by atoms with Crippen molar-refractivity contribution in [3.63, 3.8) is 0 Å². The van der Waals surface area contributed by atoms with Crippen molar-refractivity contribution in [3.8, 4) is 0 Å². The molecule has 0 aliphatic rings. The minimum absolute atomic E-state index is 0.0244. The van der Waals surface area contributed by atoms with Crippen LogP contribution in [-0.2, 0) is 9.59 Å². The summed E-state index contributed by atoms with van der Waals surface area (Å²) in [6.07, 6.45) is 0. The van der Waals surface area contributed by atoms with E-state index in [1.54, 1.807) is 13.8 Å². The van der Waals surface area contributed by atoms with Gasteiger partial charge in [0, 0.05) is 6.54 Å². The maximum Gasteiger partial charge on any atom is 0.312 e. The number of nitrogens with one attached hydrogen (secondary N) is 2. The summed E-state index contributed by atoms with van der Waals surface area (Å²) in [5.74, 6) is -2.17. The van der Waals surface area contributed by atoms with E-state index in [1.165, 1.54) is 6.92 Å². The largest absolute Gasteiger partial charge is 0.481 e. The Bertz CT molecular complexity index is 304. The summed E-state index contributed by atoms with van der Waals surface area (Å²) in [4.78, 5) is 32.8. The lowest BCUT2D eigenvalue weighted by atomic mass is 9.96. The van der Waals surface area contributed by atoms with Crippen LogP contribution in [0.2, 0.25) is 0 Å². The third-order valence-corrected chi connectivity index (χ3v) is 2.37. The standard InChI is InChI=1S/C10H19N3O4/c1-5(2)7(9(15)16)4-12-8(14)6(3)13-10(11)17/h5-7H,4H2,1-3H3,(H,12,14)(H,15,16)(H3,11,13,17). The molecule has 0 saturated carbocycles. The number of urea groups is 1. The molecule has 0 radical (unpaired) electrons. The van der Waals surface area contributed by atoms with Gasteiger partial charge in [0.15, 0.2) is 0 Å². The fourth-order valence-electron chi connectivity index (χ4n) is 1.25. The Labute approximate surface area is 99.7 Å². The van der Waals surface area contributed by atoms with Gasteiger partial charge in [-0.2, -0.15) is 0 Å². The van der Waals surface area contributed by atoms with Gasteiger partial charge in [0.1, 0.15) is 6.04 Å². The Morgan fingerprint density at radius 3 is 2.12 bits per heavy atom. The van der Waals surface area contributed by atoms with E-state index in [-0.39, 0.29) is 12.5 Å². The molecule has 0 aliphatic heterocycles. The summed E-state index contributed by atoms with van der Waals surface area (Å²) in [6, 6.07) is -1.58. The van der Waals surface area contributed by atoms with E-state index in [2.05, 4.69) is 10.6 Å². The topological polar surface area (TPSA) is 122 Å². The summed E-state index contributed by atoms with van der Waals surface area (Å²) in [5, 5.41) is 13.6.